The van der Waals surface area contributed by atoms with Gasteiger partial charge in [-0.3, -0.25) is 10.1 Å². The van der Waals surface area contributed by atoms with E-state index in [0.717, 1.165) is 21.7 Å². The van der Waals surface area contributed by atoms with Gasteiger partial charge in [-0.2, -0.15) is 5.10 Å². The Bertz CT molecular complexity index is 693. The maximum atomic E-state index is 11.3. The summed E-state index contributed by atoms with van der Waals surface area (Å²) in [6.45, 7) is -0.0303. The first-order chi connectivity index (χ1) is 10.2. The molecule has 0 aromatic heterocycles. The molecule has 2 aromatic carbocycles. The number of hydrogen-bond acceptors (Lipinski definition) is 3. The molecule has 1 heterocycles. The Balaban J connectivity index is 1.73. The van der Waals surface area contributed by atoms with Crippen molar-refractivity contribution in [1.82, 2.24) is 10.3 Å². The topological polar surface area (TPSA) is 61.8 Å². The zero-order valence-electron chi connectivity index (χ0n) is 11.2. The Kier molecular flexibility index (Phi) is 3.47. The van der Waals surface area contributed by atoms with Crippen LogP contribution in [0.2, 0.25) is 0 Å². The largest absolute Gasteiger partial charge is 0.344 e. The minimum atomic E-state index is -0.489. The highest BCUT2D eigenvalue weighted by molar-refractivity contribution is 6.02. The van der Waals surface area contributed by atoms with Crippen molar-refractivity contribution >= 4 is 18.2 Å². The number of carbonyl (C=O) groups is 2. The number of imide groups is 1. The van der Waals surface area contributed by atoms with Crippen LogP contribution in [0.1, 0.15) is 5.56 Å². The van der Waals surface area contributed by atoms with Gasteiger partial charge in [0.25, 0.3) is 0 Å². The van der Waals surface area contributed by atoms with E-state index in [0.29, 0.717) is 0 Å². The lowest BCUT2D eigenvalue weighted by molar-refractivity contribution is -0.118. The van der Waals surface area contributed by atoms with E-state index in [9.17, 15) is 9.59 Å². The predicted molar refractivity (Wildman–Crippen MR) is 79.7 cm³/mol. The maximum absolute atomic E-state index is 11.3. The van der Waals surface area contributed by atoms with Crippen LogP contribution in [-0.2, 0) is 4.79 Å². The number of urea groups is 1. The quantitative estimate of drug-likeness (QED) is 0.692. The third-order valence-corrected chi connectivity index (χ3v) is 3.14. The van der Waals surface area contributed by atoms with Gasteiger partial charge in [0.15, 0.2) is 0 Å². The summed E-state index contributed by atoms with van der Waals surface area (Å²) in [5.74, 6) is -0.337. The van der Waals surface area contributed by atoms with Crippen LogP contribution in [0.15, 0.2) is 59.7 Å². The van der Waals surface area contributed by atoms with Crippen LogP contribution in [0.4, 0.5) is 4.79 Å². The smallest absolute Gasteiger partial charge is 0.275 e. The number of rotatable bonds is 3. The van der Waals surface area contributed by atoms with Crippen molar-refractivity contribution in [3.8, 4) is 11.1 Å². The van der Waals surface area contributed by atoms with Gasteiger partial charge >= 0.3 is 6.03 Å². The summed E-state index contributed by atoms with van der Waals surface area (Å²) in [7, 11) is 0. The van der Waals surface area contributed by atoms with Gasteiger partial charge in [-0.15, -0.1) is 0 Å². The van der Waals surface area contributed by atoms with E-state index in [1.54, 1.807) is 6.21 Å². The Morgan fingerprint density at radius 1 is 0.952 bits per heavy atom. The first-order valence-corrected chi connectivity index (χ1v) is 6.53. The number of benzene rings is 2. The minimum Gasteiger partial charge on any atom is -0.275 e. The third kappa shape index (κ3) is 2.97. The molecule has 0 unspecified atom stereocenters. The molecular weight excluding hydrogens is 266 g/mol. The van der Waals surface area contributed by atoms with Crippen LogP contribution in [-0.4, -0.2) is 29.7 Å². The summed E-state index contributed by atoms with van der Waals surface area (Å²) >= 11 is 0. The molecule has 0 saturated carbocycles. The Labute approximate surface area is 121 Å². The summed E-state index contributed by atoms with van der Waals surface area (Å²) in [6, 6.07) is 17.4. The molecule has 0 aliphatic carbocycles. The first kappa shape index (κ1) is 13.1. The fraction of sp³-hybridized carbons (Fsp3) is 0.0625. The highest BCUT2D eigenvalue weighted by atomic mass is 16.2. The monoisotopic (exact) mass is 279 g/mol. The van der Waals surface area contributed by atoms with Gasteiger partial charge in [-0.1, -0.05) is 54.6 Å². The number of carbonyl (C=O) groups excluding carboxylic acids is 2. The normalized spacial score (nSPS) is 14.8. The van der Waals surface area contributed by atoms with Crippen molar-refractivity contribution in [2.75, 3.05) is 6.54 Å². The lowest BCUT2D eigenvalue weighted by Gasteiger charge is -2.05. The molecule has 3 rings (SSSR count). The summed E-state index contributed by atoms with van der Waals surface area (Å²) in [5, 5.41) is 7.28. The van der Waals surface area contributed by atoms with E-state index in [-0.39, 0.29) is 12.5 Å². The van der Waals surface area contributed by atoms with Crippen LogP contribution in [0.3, 0.4) is 0 Å². The summed E-state index contributed by atoms with van der Waals surface area (Å²) in [6.07, 6.45) is 1.56. The summed E-state index contributed by atoms with van der Waals surface area (Å²) in [4.78, 5) is 22.4. The molecule has 1 aliphatic heterocycles. The molecule has 2 aromatic rings. The number of nitrogens with zero attached hydrogens (tertiary/aromatic N) is 2. The van der Waals surface area contributed by atoms with Crippen LogP contribution < -0.4 is 5.32 Å². The molecule has 0 atom stereocenters. The fourth-order valence-corrected chi connectivity index (χ4v) is 2.05. The summed E-state index contributed by atoms with van der Waals surface area (Å²) < 4.78 is 0. The van der Waals surface area contributed by atoms with E-state index in [2.05, 4.69) is 10.4 Å². The number of nitrogens with one attached hydrogen (secondary N) is 1. The van der Waals surface area contributed by atoms with Crippen molar-refractivity contribution in [2.45, 2.75) is 0 Å². The van der Waals surface area contributed by atoms with E-state index in [4.69, 9.17) is 0 Å². The Morgan fingerprint density at radius 2 is 1.62 bits per heavy atom. The van der Waals surface area contributed by atoms with E-state index in [1.165, 1.54) is 0 Å². The number of amides is 3. The first-order valence-electron chi connectivity index (χ1n) is 6.53. The molecule has 1 aliphatic rings. The molecule has 1 N–H and O–H groups in total. The zero-order chi connectivity index (χ0) is 14.7. The Hall–Kier alpha value is -2.95. The predicted octanol–water partition coefficient (Wildman–Crippen LogP) is 2.24. The second kappa shape index (κ2) is 5.58. The lowest BCUT2D eigenvalue weighted by Crippen LogP contribution is -2.24. The van der Waals surface area contributed by atoms with Gasteiger partial charge in [0, 0.05) is 0 Å². The standard InChI is InChI=1S/C16H13N3O2/c20-15-11-19(16(21)18-15)17-10-12-6-8-14(9-7-12)13-4-2-1-3-5-13/h1-10H,11H2,(H,18,20,21)/b17-10-. The molecule has 0 spiro atoms. The third-order valence-electron chi connectivity index (χ3n) is 3.14. The van der Waals surface area contributed by atoms with Crippen molar-refractivity contribution in [3.05, 3.63) is 60.2 Å². The molecule has 104 valence electrons. The van der Waals surface area contributed by atoms with Gasteiger partial charge in [0.1, 0.15) is 6.54 Å². The second-order valence-corrected chi connectivity index (χ2v) is 4.64. The zero-order valence-corrected chi connectivity index (χ0v) is 11.2. The van der Waals surface area contributed by atoms with Gasteiger partial charge < -0.3 is 0 Å². The van der Waals surface area contributed by atoms with E-state index < -0.39 is 6.03 Å². The molecule has 1 saturated heterocycles. The average molecular weight is 279 g/mol. The molecule has 1 fully saturated rings. The summed E-state index contributed by atoms with van der Waals surface area (Å²) in [5.41, 5.74) is 3.12. The molecule has 3 amide bonds. The van der Waals surface area contributed by atoms with Gasteiger partial charge in [0.05, 0.1) is 6.21 Å². The number of hydrazone groups is 1. The second-order valence-electron chi connectivity index (χ2n) is 4.64. The van der Waals surface area contributed by atoms with Crippen molar-refractivity contribution in [2.24, 2.45) is 5.10 Å². The highest BCUT2D eigenvalue weighted by Crippen LogP contribution is 2.18. The van der Waals surface area contributed by atoms with Crippen LogP contribution in [0, 0.1) is 0 Å². The molecule has 0 radical (unpaired) electrons. The minimum absolute atomic E-state index is 0.0303. The molecule has 5 nitrogen and oxygen atoms in total. The average Bonchev–Trinajstić information content (AvgIpc) is 2.84. The molecule has 21 heavy (non-hydrogen) atoms. The van der Waals surface area contributed by atoms with E-state index >= 15 is 0 Å². The van der Waals surface area contributed by atoms with Crippen molar-refractivity contribution in [3.63, 3.8) is 0 Å². The van der Waals surface area contributed by atoms with Gasteiger partial charge in [-0.05, 0) is 16.7 Å². The van der Waals surface area contributed by atoms with Crippen LogP contribution in [0.5, 0.6) is 0 Å². The maximum Gasteiger partial charge on any atom is 0.344 e. The highest BCUT2D eigenvalue weighted by Gasteiger charge is 2.25. The van der Waals surface area contributed by atoms with Gasteiger partial charge in [0.2, 0.25) is 5.91 Å². The van der Waals surface area contributed by atoms with Crippen molar-refractivity contribution in [1.29, 1.82) is 0 Å². The lowest BCUT2D eigenvalue weighted by atomic mass is 10.0. The SMILES string of the molecule is O=C1CN(/N=C\c2ccc(-c3ccccc3)cc2)C(=O)N1. The molecule has 5 heteroatoms. The Morgan fingerprint density at radius 3 is 2.24 bits per heavy atom. The number of hydrogen-bond donors (Lipinski definition) is 1. The van der Waals surface area contributed by atoms with Gasteiger partial charge in [-0.25, -0.2) is 9.80 Å². The molecular formula is C16H13N3O2. The molecule has 0 bridgehead atoms. The van der Waals surface area contributed by atoms with Crippen LogP contribution >= 0.6 is 0 Å². The van der Waals surface area contributed by atoms with E-state index in [1.807, 2.05) is 54.6 Å². The fourth-order valence-electron chi connectivity index (χ4n) is 2.05. The van der Waals surface area contributed by atoms with Crippen LogP contribution in [0.25, 0.3) is 11.1 Å². The van der Waals surface area contributed by atoms with Crippen molar-refractivity contribution < 1.29 is 9.59 Å².